The van der Waals surface area contributed by atoms with Crippen LogP contribution in [0.4, 0.5) is 5.69 Å². The fraction of sp³-hybridized carbons (Fsp3) is 0.0435. The van der Waals surface area contributed by atoms with Gasteiger partial charge < -0.3 is 14.5 Å². The molecule has 2 N–H and O–H groups in total. The molecule has 10 heteroatoms. The molecule has 8 nitrogen and oxygen atoms in total. The number of ether oxygens (including phenoxy) is 1. The molecular formula is C23H18ClN3O5S. The molecule has 168 valence electrons. The summed E-state index contributed by atoms with van der Waals surface area (Å²) in [5, 5.41) is 7.62. The summed E-state index contributed by atoms with van der Waals surface area (Å²) in [7, 11) is -2.57. The van der Waals surface area contributed by atoms with E-state index in [1.807, 2.05) is 6.07 Å². The maximum absolute atomic E-state index is 13.0. The number of hydrogen-bond acceptors (Lipinski definition) is 6. The minimum absolute atomic E-state index is 0.0263. The molecule has 0 bridgehead atoms. The van der Waals surface area contributed by atoms with Gasteiger partial charge in [-0.1, -0.05) is 41.9 Å². The normalized spacial score (nSPS) is 11.9. The van der Waals surface area contributed by atoms with Gasteiger partial charge in [-0.15, -0.1) is 5.10 Å². The highest BCUT2D eigenvalue weighted by atomic mass is 35.5. The van der Waals surface area contributed by atoms with Gasteiger partial charge in [-0.2, -0.15) is 13.2 Å². The second kappa shape index (κ2) is 9.35. The average molecular weight is 484 g/mol. The molecule has 0 aliphatic rings. The molecule has 0 aliphatic carbocycles. The number of amides is 1. The first-order valence-corrected chi connectivity index (χ1v) is 11.5. The van der Waals surface area contributed by atoms with Crippen molar-refractivity contribution in [3.63, 3.8) is 0 Å². The van der Waals surface area contributed by atoms with Crippen molar-refractivity contribution in [2.45, 2.75) is 4.90 Å². The van der Waals surface area contributed by atoms with E-state index < -0.39 is 15.9 Å². The Balaban J connectivity index is 1.81. The number of anilines is 1. The highest BCUT2D eigenvalue weighted by molar-refractivity contribution is 7.89. The van der Waals surface area contributed by atoms with Crippen LogP contribution in [0.1, 0.15) is 10.4 Å². The SMILES string of the molecule is COc1cccc2cc(C(=O)Nc3ccccc3)/c(=N/NS(=O)(=O)c3ccc(Cl)cc3)oc12. The van der Waals surface area contributed by atoms with Gasteiger partial charge in [-0.25, -0.2) is 0 Å². The molecule has 0 saturated carbocycles. The predicted molar refractivity (Wildman–Crippen MR) is 124 cm³/mol. The number of nitrogens with zero attached hydrogens (tertiary/aromatic N) is 1. The number of methoxy groups -OCH3 is 1. The Morgan fingerprint density at radius 2 is 1.73 bits per heavy atom. The lowest BCUT2D eigenvalue weighted by atomic mass is 10.1. The fourth-order valence-corrected chi connectivity index (χ4v) is 3.95. The lowest BCUT2D eigenvalue weighted by Gasteiger charge is -2.09. The Morgan fingerprint density at radius 1 is 1.00 bits per heavy atom. The fourth-order valence-electron chi connectivity index (χ4n) is 3.02. The lowest BCUT2D eigenvalue weighted by Crippen LogP contribution is -2.27. The number of carbonyl (C=O) groups is 1. The zero-order chi connectivity index (χ0) is 23.4. The predicted octanol–water partition coefficient (Wildman–Crippen LogP) is 4.14. The van der Waals surface area contributed by atoms with Crippen LogP contribution in [0.3, 0.4) is 0 Å². The molecule has 1 amide bonds. The van der Waals surface area contributed by atoms with E-state index in [1.54, 1.807) is 48.5 Å². The number of para-hydroxylation sites is 2. The average Bonchev–Trinajstić information content (AvgIpc) is 2.82. The van der Waals surface area contributed by atoms with E-state index in [9.17, 15) is 13.2 Å². The molecule has 1 aromatic heterocycles. The molecule has 0 aliphatic heterocycles. The van der Waals surface area contributed by atoms with Crippen LogP contribution in [0.25, 0.3) is 11.0 Å². The Morgan fingerprint density at radius 3 is 2.42 bits per heavy atom. The van der Waals surface area contributed by atoms with Gasteiger partial charge in [0.05, 0.1) is 12.0 Å². The highest BCUT2D eigenvalue weighted by Gasteiger charge is 2.17. The first-order valence-electron chi connectivity index (χ1n) is 9.66. The first-order chi connectivity index (χ1) is 15.9. The zero-order valence-corrected chi connectivity index (χ0v) is 18.9. The second-order valence-corrected chi connectivity index (χ2v) is 8.92. The Hall–Kier alpha value is -3.82. The first kappa shape index (κ1) is 22.4. The summed E-state index contributed by atoms with van der Waals surface area (Å²) in [5.41, 5.74) is 0.651. The molecule has 3 aromatic carbocycles. The summed E-state index contributed by atoms with van der Waals surface area (Å²) in [6.07, 6.45) is 0. The van der Waals surface area contributed by atoms with Crippen molar-refractivity contribution in [2.75, 3.05) is 12.4 Å². The number of benzene rings is 3. The van der Waals surface area contributed by atoms with Crippen LogP contribution in [0.2, 0.25) is 5.02 Å². The van der Waals surface area contributed by atoms with Gasteiger partial charge in [0.15, 0.2) is 11.3 Å². The molecule has 0 atom stereocenters. The quantitative estimate of drug-likeness (QED) is 0.400. The van der Waals surface area contributed by atoms with Gasteiger partial charge in [-0.05, 0) is 48.5 Å². The van der Waals surface area contributed by atoms with E-state index in [0.717, 1.165) is 0 Å². The highest BCUT2D eigenvalue weighted by Crippen LogP contribution is 2.25. The summed E-state index contributed by atoms with van der Waals surface area (Å²) in [5.74, 6) is -0.126. The Kier molecular flexibility index (Phi) is 6.34. The van der Waals surface area contributed by atoms with Gasteiger partial charge in [0.25, 0.3) is 15.9 Å². The van der Waals surface area contributed by atoms with Crippen LogP contribution in [0.5, 0.6) is 5.75 Å². The standard InChI is InChI=1S/C23H18ClN3O5S/c1-31-20-9-5-6-15-14-19(22(28)25-17-7-3-2-4-8-17)23(32-21(15)20)26-27-33(29,30)18-12-10-16(24)11-13-18/h2-14,27H,1H3,(H,25,28)/b26-23-. The molecule has 0 saturated heterocycles. The van der Waals surface area contributed by atoms with Gasteiger partial charge in [0.1, 0.15) is 5.56 Å². The van der Waals surface area contributed by atoms with Gasteiger partial charge in [-0.3, -0.25) is 4.79 Å². The van der Waals surface area contributed by atoms with Crippen molar-refractivity contribution in [1.82, 2.24) is 4.83 Å². The third-order valence-electron chi connectivity index (χ3n) is 4.63. The molecule has 0 fully saturated rings. The van der Waals surface area contributed by atoms with Crippen molar-refractivity contribution >= 4 is 44.2 Å². The maximum atomic E-state index is 13.0. The maximum Gasteiger partial charge on any atom is 0.276 e. The summed E-state index contributed by atoms with van der Waals surface area (Å²) >= 11 is 5.83. The van der Waals surface area contributed by atoms with Crippen LogP contribution < -0.4 is 20.4 Å². The lowest BCUT2D eigenvalue weighted by molar-refractivity contribution is 0.102. The van der Waals surface area contributed by atoms with E-state index in [-0.39, 0.29) is 16.0 Å². The number of nitrogens with one attached hydrogen (secondary N) is 2. The van der Waals surface area contributed by atoms with Crippen LogP contribution >= 0.6 is 11.6 Å². The van der Waals surface area contributed by atoms with Crippen LogP contribution in [0.15, 0.2) is 93.3 Å². The summed E-state index contributed by atoms with van der Waals surface area (Å²) < 4.78 is 36.5. The molecule has 4 aromatic rings. The van der Waals surface area contributed by atoms with E-state index in [1.165, 1.54) is 31.4 Å². The monoisotopic (exact) mass is 483 g/mol. The molecule has 0 radical (unpaired) electrons. The van der Waals surface area contributed by atoms with Crippen molar-refractivity contribution in [3.8, 4) is 5.75 Å². The van der Waals surface area contributed by atoms with E-state index in [0.29, 0.717) is 27.4 Å². The zero-order valence-electron chi connectivity index (χ0n) is 17.3. The Bertz CT molecular complexity index is 1480. The molecule has 4 rings (SSSR count). The summed E-state index contributed by atoms with van der Waals surface area (Å²) in [6.45, 7) is 0. The topological polar surface area (TPSA) is 110 Å². The smallest absolute Gasteiger partial charge is 0.276 e. The molecular weight excluding hydrogens is 466 g/mol. The number of hydrogen-bond donors (Lipinski definition) is 2. The van der Waals surface area contributed by atoms with Crippen LogP contribution in [0, 0.1) is 0 Å². The van der Waals surface area contributed by atoms with Crippen LogP contribution in [-0.2, 0) is 10.0 Å². The third kappa shape index (κ3) is 5.00. The second-order valence-electron chi connectivity index (χ2n) is 6.82. The van der Waals surface area contributed by atoms with Crippen molar-refractivity contribution in [2.24, 2.45) is 5.10 Å². The van der Waals surface area contributed by atoms with Gasteiger partial charge in [0, 0.05) is 16.1 Å². The van der Waals surface area contributed by atoms with Crippen molar-refractivity contribution < 1.29 is 22.4 Å². The number of halogens is 1. The number of carbonyl (C=O) groups excluding carboxylic acids is 1. The number of rotatable bonds is 6. The minimum Gasteiger partial charge on any atom is -0.493 e. The molecule has 0 spiro atoms. The van der Waals surface area contributed by atoms with Crippen molar-refractivity contribution in [1.29, 1.82) is 0 Å². The van der Waals surface area contributed by atoms with E-state index in [4.69, 9.17) is 20.8 Å². The Labute approximate surface area is 194 Å². The van der Waals surface area contributed by atoms with E-state index >= 15 is 0 Å². The minimum atomic E-state index is -4.04. The van der Waals surface area contributed by atoms with Crippen LogP contribution in [-0.4, -0.2) is 21.4 Å². The van der Waals surface area contributed by atoms with Gasteiger partial charge in [0.2, 0.25) is 5.55 Å². The summed E-state index contributed by atoms with van der Waals surface area (Å²) in [6, 6.07) is 21.1. The number of fused-ring (bicyclic) bond motifs is 1. The van der Waals surface area contributed by atoms with Crippen molar-refractivity contribution in [3.05, 3.63) is 95.0 Å². The molecule has 0 unspecified atom stereocenters. The third-order valence-corrected chi connectivity index (χ3v) is 6.10. The van der Waals surface area contributed by atoms with E-state index in [2.05, 4.69) is 15.2 Å². The summed E-state index contributed by atoms with van der Waals surface area (Å²) in [4.78, 5) is 15.1. The van der Waals surface area contributed by atoms with Gasteiger partial charge >= 0.3 is 0 Å². The molecule has 33 heavy (non-hydrogen) atoms. The number of sulfonamides is 1. The largest absolute Gasteiger partial charge is 0.493 e. The molecule has 1 heterocycles.